The van der Waals surface area contributed by atoms with Crippen LogP contribution in [-0.4, -0.2) is 20.1 Å². The van der Waals surface area contributed by atoms with Crippen LogP contribution in [0.1, 0.15) is 15.9 Å². The monoisotopic (exact) mass is 307 g/mol. The normalized spacial score (nSPS) is 10.2. The van der Waals surface area contributed by atoms with Crippen molar-refractivity contribution in [1.82, 2.24) is 5.32 Å². The van der Waals surface area contributed by atoms with Gasteiger partial charge in [-0.05, 0) is 30.3 Å². The summed E-state index contributed by atoms with van der Waals surface area (Å²) in [4.78, 5) is 12.1. The third-order valence-corrected chi connectivity index (χ3v) is 3.06. The zero-order chi connectivity index (χ0) is 16.1. The molecule has 0 saturated heterocycles. The number of carbonyl (C=O) groups excluding carboxylic acids is 1. The molecule has 2 rings (SSSR count). The molecule has 0 bridgehead atoms. The first-order valence-corrected chi connectivity index (χ1v) is 6.48. The molecule has 2 aromatic rings. The topological polar surface area (TPSA) is 47.6 Å². The minimum atomic E-state index is -0.579. The fraction of sp³-hybridized carbons (Fsp3) is 0.188. The van der Waals surface area contributed by atoms with Crippen molar-refractivity contribution in [3.63, 3.8) is 0 Å². The van der Waals surface area contributed by atoms with Crippen molar-refractivity contribution in [1.29, 1.82) is 0 Å². The van der Waals surface area contributed by atoms with Crippen molar-refractivity contribution in [3.05, 3.63) is 59.2 Å². The maximum atomic E-state index is 13.5. The van der Waals surface area contributed by atoms with Gasteiger partial charge in [0.2, 0.25) is 0 Å². The number of nitrogens with one attached hydrogen (secondary N) is 1. The van der Waals surface area contributed by atoms with Gasteiger partial charge in [-0.1, -0.05) is 0 Å². The Morgan fingerprint density at radius 2 is 1.68 bits per heavy atom. The molecule has 2 aromatic carbocycles. The Bertz CT molecular complexity index is 667. The van der Waals surface area contributed by atoms with E-state index in [-0.39, 0.29) is 12.1 Å². The highest BCUT2D eigenvalue weighted by atomic mass is 19.1. The average Bonchev–Trinajstić information content (AvgIpc) is 2.54. The minimum Gasteiger partial charge on any atom is -0.497 e. The number of amides is 1. The number of carbonyl (C=O) groups is 1. The highest BCUT2D eigenvalue weighted by Gasteiger charge is 2.11. The lowest BCUT2D eigenvalue weighted by Gasteiger charge is -2.10. The average molecular weight is 307 g/mol. The van der Waals surface area contributed by atoms with E-state index in [1.54, 1.807) is 6.07 Å². The summed E-state index contributed by atoms with van der Waals surface area (Å²) in [7, 11) is 2.94. The lowest BCUT2D eigenvalue weighted by molar-refractivity contribution is 0.0950. The Morgan fingerprint density at radius 1 is 1.05 bits per heavy atom. The number of benzene rings is 2. The lowest BCUT2D eigenvalue weighted by Crippen LogP contribution is -2.23. The van der Waals surface area contributed by atoms with Gasteiger partial charge in [-0.3, -0.25) is 4.79 Å². The Labute approximate surface area is 126 Å². The third-order valence-electron chi connectivity index (χ3n) is 3.06. The van der Waals surface area contributed by atoms with Crippen LogP contribution in [0.4, 0.5) is 8.78 Å². The van der Waals surface area contributed by atoms with E-state index in [4.69, 9.17) is 9.47 Å². The van der Waals surface area contributed by atoms with Gasteiger partial charge in [-0.2, -0.15) is 0 Å². The highest BCUT2D eigenvalue weighted by molar-refractivity contribution is 5.95. The number of hydrogen-bond donors (Lipinski definition) is 1. The third kappa shape index (κ3) is 3.72. The van der Waals surface area contributed by atoms with Gasteiger partial charge < -0.3 is 14.8 Å². The molecule has 6 heteroatoms. The maximum Gasteiger partial charge on any atom is 0.251 e. The van der Waals surface area contributed by atoms with Gasteiger partial charge >= 0.3 is 0 Å². The SMILES string of the molecule is COc1cc(OC)cc(C(=O)NCc2cc(F)ccc2F)c1. The molecular weight excluding hydrogens is 292 g/mol. The fourth-order valence-corrected chi connectivity index (χ4v) is 1.89. The molecule has 0 radical (unpaired) electrons. The molecular formula is C16H15F2NO3. The number of hydrogen-bond acceptors (Lipinski definition) is 3. The second-order valence-corrected chi connectivity index (χ2v) is 4.52. The largest absolute Gasteiger partial charge is 0.497 e. The first-order chi connectivity index (χ1) is 10.5. The number of ether oxygens (including phenoxy) is 2. The molecule has 0 atom stereocenters. The fourth-order valence-electron chi connectivity index (χ4n) is 1.89. The maximum absolute atomic E-state index is 13.5. The summed E-state index contributed by atoms with van der Waals surface area (Å²) in [5.74, 6) is -0.664. The Morgan fingerprint density at radius 3 is 2.27 bits per heavy atom. The Hall–Kier alpha value is -2.63. The second kappa shape index (κ2) is 6.89. The quantitative estimate of drug-likeness (QED) is 0.924. The molecule has 116 valence electrons. The number of halogens is 2. The summed E-state index contributed by atoms with van der Waals surface area (Å²) in [5, 5.41) is 2.53. The van der Waals surface area contributed by atoms with Crippen LogP contribution in [-0.2, 0) is 6.54 Å². The summed E-state index contributed by atoms with van der Waals surface area (Å²) in [5.41, 5.74) is 0.372. The molecule has 22 heavy (non-hydrogen) atoms. The van der Waals surface area contributed by atoms with Gasteiger partial charge in [0.1, 0.15) is 23.1 Å². The standard InChI is InChI=1S/C16H15F2NO3/c1-21-13-6-10(7-14(8-13)22-2)16(20)19-9-11-5-12(17)3-4-15(11)18/h3-8H,9H2,1-2H3,(H,19,20). The van der Waals surface area contributed by atoms with E-state index in [0.717, 1.165) is 18.2 Å². The summed E-state index contributed by atoms with van der Waals surface area (Å²) in [6, 6.07) is 7.77. The predicted octanol–water partition coefficient (Wildman–Crippen LogP) is 2.91. The molecule has 4 nitrogen and oxygen atoms in total. The van der Waals surface area contributed by atoms with Crippen LogP contribution in [0.15, 0.2) is 36.4 Å². The van der Waals surface area contributed by atoms with Gasteiger partial charge in [-0.15, -0.1) is 0 Å². The van der Waals surface area contributed by atoms with E-state index in [1.165, 1.54) is 26.4 Å². The van der Waals surface area contributed by atoms with Gasteiger partial charge in [0.15, 0.2) is 0 Å². The van der Waals surface area contributed by atoms with E-state index in [9.17, 15) is 13.6 Å². The molecule has 0 aliphatic heterocycles. The summed E-state index contributed by atoms with van der Waals surface area (Å²) in [6.45, 7) is -0.123. The molecule has 0 unspecified atom stereocenters. The van der Waals surface area contributed by atoms with Gasteiger partial charge in [0, 0.05) is 23.7 Å². The first-order valence-electron chi connectivity index (χ1n) is 6.48. The van der Waals surface area contributed by atoms with Crippen LogP contribution < -0.4 is 14.8 Å². The van der Waals surface area contributed by atoms with E-state index in [1.807, 2.05) is 0 Å². The van der Waals surface area contributed by atoms with Crippen molar-refractivity contribution in [3.8, 4) is 11.5 Å². The zero-order valence-electron chi connectivity index (χ0n) is 12.2. The molecule has 0 spiro atoms. The van der Waals surface area contributed by atoms with E-state index < -0.39 is 17.5 Å². The number of rotatable bonds is 5. The lowest BCUT2D eigenvalue weighted by atomic mass is 10.1. The highest BCUT2D eigenvalue weighted by Crippen LogP contribution is 2.22. The van der Waals surface area contributed by atoms with Crippen molar-refractivity contribution in [2.45, 2.75) is 6.54 Å². The molecule has 0 saturated carbocycles. The van der Waals surface area contributed by atoms with Crippen LogP contribution in [0.2, 0.25) is 0 Å². The van der Waals surface area contributed by atoms with Crippen molar-refractivity contribution < 1.29 is 23.0 Å². The molecule has 0 heterocycles. The predicted molar refractivity (Wildman–Crippen MR) is 77.1 cm³/mol. The molecule has 0 fully saturated rings. The summed E-state index contributed by atoms with van der Waals surface area (Å²) < 4.78 is 36.7. The molecule has 0 aliphatic carbocycles. The van der Waals surface area contributed by atoms with Crippen molar-refractivity contribution in [2.24, 2.45) is 0 Å². The molecule has 1 amide bonds. The minimum absolute atomic E-state index is 0.0724. The van der Waals surface area contributed by atoms with Gasteiger partial charge in [0.25, 0.3) is 5.91 Å². The van der Waals surface area contributed by atoms with Gasteiger partial charge in [0.05, 0.1) is 14.2 Å². The van der Waals surface area contributed by atoms with Crippen LogP contribution in [0.5, 0.6) is 11.5 Å². The molecule has 0 aliphatic rings. The Kier molecular flexibility index (Phi) is 4.93. The van der Waals surface area contributed by atoms with Crippen LogP contribution in [0.3, 0.4) is 0 Å². The summed E-state index contributed by atoms with van der Waals surface area (Å²) in [6.07, 6.45) is 0. The summed E-state index contributed by atoms with van der Waals surface area (Å²) >= 11 is 0. The van der Waals surface area contributed by atoms with Crippen LogP contribution in [0, 0.1) is 11.6 Å². The Balaban J connectivity index is 2.13. The van der Waals surface area contributed by atoms with Gasteiger partial charge in [-0.25, -0.2) is 8.78 Å². The zero-order valence-corrected chi connectivity index (χ0v) is 12.2. The van der Waals surface area contributed by atoms with Crippen LogP contribution >= 0.6 is 0 Å². The molecule has 0 aromatic heterocycles. The van der Waals surface area contributed by atoms with E-state index in [2.05, 4.69) is 5.32 Å². The number of methoxy groups -OCH3 is 2. The van der Waals surface area contributed by atoms with Crippen molar-refractivity contribution >= 4 is 5.91 Å². The first kappa shape index (κ1) is 15.8. The smallest absolute Gasteiger partial charge is 0.251 e. The van der Waals surface area contributed by atoms with Crippen molar-refractivity contribution in [2.75, 3.05) is 14.2 Å². The van der Waals surface area contributed by atoms with E-state index in [0.29, 0.717) is 17.1 Å². The van der Waals surface area contributed by atoms with Crippen LogP contribution in [0.25, 0.3) is 0 Å². The van der Waals surface area contributed by atoms with E-state index >= 15 is 0 Å². The second-order valence-electron chi connectivity index (χ2n) is 4.52. The molecule has 1 N–H and O–H groups in total.